The van der Waals surface area contributed by atoms with Crippen LogP contribution in [0, 0.1) is 10.1 Å². The van der Waals surface area contributed by atoms with Crippen LogP contribution in [0.15, 0.2) is 24.3 Å². The molecular weight excluding hydrogens is 374 g/mol. The molecule has 0 amide bonds. The largest absolute Gasteiger partial charge is 0.514 e. The van der Waals surface area contributed by atoms with Crippen molar-refractivity contribution in [2.45, 2.75) is 57.6 Å². The number of rotatable bonds is 5. The van der Waals surface area contributed by atoms with Crippen molar-refractivity contribution in [3.63, 3.8) is 0 Å². The molecule has 0 bridgehead atoms. The molecule has 10 nitrogen and oxygen atoms in total. The number of nitro groups is 1. The smallest absolute Gasteiger partial charge is 0.425 e. The molecule has 2 aliphatic rings. The van der Waals surface area contributed by atoms with Crippen molar-refractivity contribution in [2.24, 2.45) is 0 Å². The van der Waals surface area contributed by atoms with E-state index in [-0.39, 0.29) is 24.7 Å². The molecule has 0 aromatic heterocycles. The first-order valence-electron chi connectivity index (χ1n) is 8.81. The van der Waals surface area contributed by atoms with Gasteiger partial charge in [-0.15, -0.1) is 0 Å². The average molecular weight is 397 g/mol. The quantitative estimate of drug-likeness (QED) is 0.320. The van der Waals surface area contributed by atoms with Gasteiger partial charge in [0.15, 0.2) is 17.7 Å². The van der Waals surface area contributed by atoms with E-state index in [0.29, 0.717) is 0 Å². The summed E-state index contributed by atoms with van der Waals surface area (Å²) in [5, 5.41) is 10.7. The second-order valence-electron chi connectivity index (χ2n) is 7.42. The van der Waals surface area contributed by atoms with Crippen LogP contribution < -0.4 is 4.74 Å². The maximum Gasteiger partial charge on any atom is 0.514 e. The zero-order chi connectivity index (χ0) is 20.5. The Balaban J connectivity index is 1.68. The summed E-state index contributed by atoms with van der Waals surface area (Å²) in [5.74, 6) is -1.52. The van der Waals surface area contributed by atoms with Gasteiger partial charge in [-0.1, -0.05) is 0 Å². The van der Waals surface area contributed by atoms with Crippen LogP contribution in [-0.4, -0.2) is 54.2 Å². The molecule has 2 atom stereocenters. The lowest BCUT2D eigenvalue weighted by Crippen LogP contribution is -2.45. The van der Waals surface area contributed by atoms with E-state index in [9.17, 15) is 14.9 Å². The standard InChI is InChI=1S/C18H23NO9/c1-17(2)23-9-13(27-17)15(14-10-24-18(3,4)28-14)26-16(20)25-12-7-5-11(6-8-12)19(21)22/h5-8,13-15H,9-10H2,1-4H3. The molecular formula is C18H23NO9. The van der Waals surface area contributed by atoms with E-state index in [1.165, 1.54) is 24.3 Å². The van der Waals surface area contributed by atoms with Gasteiger partial charge in [-0.3, -0.25) is 10.1 Å². The summed E-state index contributed by atoms with van der Waals surface area (Å²) in [6.45, 7) is 7.46. The van der Waals surface area contributed by atoms with E-state index in [2.05, 4.69) is 0 Å². The fourth-order valence-electron chi connectivity index (χ4n) is 3.01. The van der Waals surface area contributed by atoms with Crippen LogP contribution in [0.4, 0.5) is 10.5 Å². The van der Waals surface area contributed by atoms with Crippen LogP contribution in [0.1, 0.15) is 27.7 Å². The molecule has 2 heterocycles. The minimum absolute atomic E-state index is 0.113. The molecule has 0 spiro atoms. The Bertz CT molecular complexity index is 705. The SMILES string of the molecule is CC1(C)OCC(C(OC(=O)Oc2ccc([N+](=O)[O-])cc2)C2COC(C)(C)O2)O1. The Morgan fingerprint density at radius 3 is 1.96 bits per heavy atom. The number of hydrogen-bond acceptors (Lipinski definition) is 9. The third-order valence-electron chi connectivity index (χ3n) is 4.27. The number of nitro benzene ring substituents is 1. The van der Waals surface area contributed by atoms with Crippen molar-refractivity contribution in [3.8, 4) is 5.75 Å². The van der Waals surface area contributed by atoms with Gasteiger partial charge in [0, 0.05) is 12.1 Å². The number of carbonyl (C=O) groups excluding carboxylic acids is 1. The van der Waals surface area contributed by atoms with Gasteiger partial charge in [0.25, 0.3) is 5.69 Å². The molecule has 2 unspecified atom stereocenters. The van der Waals surface area contributed by atoms with Crippen molar-refractivity contribution < 1.29 is 38.1 Å². The monoisotopic (exact) mass is 397 g/mol. The van der Waals surface area contributed by atoms with Crippen molar-refractivity contribution in [2.75, 3.05) is 13.2 Å². The average Bonchev–Trinajstić information content (AvgIpc) is 3.14. The normalized spacial score (nSPS) is 26.6. The first-order valence-corrected chi connectivity index (χ1v) is 8.81. The lowest BCUT2D eigenvalue weighted by atomic mass is 10.1. The Morgan fingerprint density at radius 2 is 1.57 bits per heavy atom. The highest BCUT2D eigenvalue weighted by molar-refractivity contribution is 5.64. The molecule has 2 aliphatic heterocycles. The van der Waals surface area contributed by atoms with E-state index in [0.717, 1.165) is 0 Å². The van der Waals surface area contributed by atoms with Crippen molar-refractivity contribution >= 4 is 11.8 Å². The number of nitrogens with zero attached hydrogens (tertiary/aromatic N) is 1. The van der Waals surface area contributed by atoms with Gasteiger partial charge in [0.1, 0.15) is 18.0 Å². The van der Waals surface area contributed by atoms with Crippen LogP contribution in [0.2, 0.25) is 0 Å². The molecule has 0 aliphatic carbocycles. The van der Waals surface area contributed by atoms with Gasteiger partial charge in [-0.2, -0.15) is 0 Å². The third-order valence-corrected chi connectivity index (χ3v) is 4.27. The Morgan fingerprint density at radius 1 is 1.07 bits per heavy atom. The highest BCUT2D eigenvalue weighted by Crippen LogP contribution is 2.32. The topological polar surface area (TPSA) is 116 Å². The summed E-state index contributed by atoms with van der Waals surface area (Å²) < 4.78 is 33.4. The van der Waals surface area contributed by atoms with Gasteiger partial charge in [0.2, 0.25) is 0 Å². The van der Waals surface area contributed by atoms with Crippen LogP contribution in [0.5, 0.6) is 5.75 Å². The van der Waals surface area contributed by atoms with Crippen LogP contribution >= 0.6 is 0 Å². The minimum atomic E-state index is -0.986. The van der Waals surface area contributed by atoms with Gasteiger partial charge < -0.3 is 28.4 Å². The highest BCUT2D eigenvalue weighted by atomic mass is 16.8. The summed E-state index contributed by atoms with van der Waals surface area (Å²) in [7, 11) is 0. The van der Waals surface area contributed by atoms with Crippen molar-refractivity contribution in [3.05, 3.63) is 34.4 Å². The van der Waals surface area contributed by atoms with E-state index in [1.54, 1.807) is 27.7 Å². The molecule has 1 aromatic carbocycles. The van der Waals surface area contributed by atoms with E-state index in [4.69, 9.17) is 28.4 Å². The maximum absolute atomic E-state index is 12.3. The molecule has 1 aromatic rings. The van der Waals surface area contributed by atoms with Crippen molar-refractivity contribution in [1.29, 1.82) is 0 Å². The van der Waals surface area contributed by atoms with Gasteiger partial charge in [-0.25, -0.2) is 4.79 Å². The van der Waals surface area contributed by atoms with Gasteiger partial charge in [-0.05, 0) is 39.8 Å². The lowest BCUT2D eigenvalue weighted by Gasteiger charge is -2.28. The van der Waals surface area contributed by atoms with Gasteiger partial charge >= 0.3 is 6.16 Å². The molecule has 2 fully saturated rings. The minimum Gasteiger partial charge on any atom is -0.425 e. The first-order chi connectivity index (χ1) is 13.0. The second kappa shape index (κ2) is 7.63. The molecule has 0 N–H and O–H groups in total. The molecule has 28 heavy (non-hydrogen) atoms. The fraction of sp³-hybridized carbons (Fsp3) is 0.611. The fourth-order valence-corrected chi connectivity index (χ4v) is 3.01. The number of benzene rings is 1. The summed E-state index contributed by atoms with van der Waals surface area (Å²) in [4.78, 5) is 22.5. The first kappa shape index (κ1) is 20.5. The van der Waals surface area contributed by atoms with Crippen molar-refractivity contribution in [1.82, 2.24) is 0 Å². The number of ether oxygens (including phenoxy) is 6. The molecule has 0 saturated carbocycles. The zero-order valence-electron chi connectivity index (χ0n) is 16.1. The summed E-state index contributed by atoms with van der Waals surface area (Å²) in [5.41, 5.74) is -0.115. The molecule has 3 rings (SSSR count). The van der Waals surface area contributed by atoms with E-state index in [1.807, 2.05) is 0 Å². The number of non-ortho nitro benzene ring substituents is 1. The highest BCUT2D eigenvalue weighted by Gasteiger charge is 2.48. The molecule has 154 valence electrons. The Kier molecular flexibility index (Phi) is 5.57. The van der Waals surface area contributed by atoms with E-state index < -0.39 is 41.0 Å². The van der Waals surface area contributed by atoms with E-state index >= 15 is 0 Å². The van der Waals surface area contributed by atoms with Gasteiger partial charge in [0.05, 0.1) is 18.1 Å². The predicted molar refractivity (Wildman–Crippen MR) is 93.8 cm³/mol. The molecule has 2 saturated heterocycles. The molecule has 10 heteroatoms. The summed E-state index contributed by atoms with van der Waals surface area (Å²) >= 11 is 0. The number of hydrogen-bond donors (Lipinski definition) is 0. The van der Waals surface area contributed by atoms with Crippen LogP contribution in [0.3, 0.4) is 0 Å². The summed E-state index contributed by atoms with van der Waals surface area (Å²) in [6.07, 6.45) is -2.95. The summed E-state index contributed by atoms with van der Waals surface area (Å²) in [6, 6.07) is 5.08. The Labute approximate surface area is 161 Å². The predicted octanol–water partition coefficient (Wildman–Crippen LogP) is 2.78. The Hall–Kier alpha value is -2.27. The van der Waals surface area contributed by atoms with Crippen LogP contribution in [0.25, 0.3) is 0 Å². The number of carbonyl (C=O) groups is 1. The zero-order valence-corrected chi connectivity index (χ0v) is 16.1. The lowest BCUT2D eigenvalue weighted by molar-refractivity contribution is -0.384. The third kappa shape index (κ3) is 4.96. The molecule has 0 radical (unpaired) electrons. The maximum atomic E-state index is 12.3. The second-order valence-corrected chi connectivity index (χ2v) is 7.42. The van der Waals surface area contributed by atoms with Crippen LogP contribution in [-0.2, 0) is 23.7 Å².